The number of aliphatic imine (C=N–C) groups is 1. The predicted molar refractivity (Wildman–Crippen MR) is 114 cm³/mol. The Morgan fingerprint density at radius 2 is 1.96 bits per heavy atom. The van der Waals surface area contributed by atoms with Crippen molar-refractivity contribution in [2.75, 3.05) is 7.05 Å². The van der Waals surface area contributed by atoms with Crippen LogP contribution < -0.4 is 10.6 Å². The molecule has 0 aliphatic heterocycles. The van der Waals surface area contributed by atoms with Crippen molar-refractivity contribution in [3.8, 4) is 0 Å². The quantitative estimate of drug-likeness (QED) is 0.559. The number of amidine groups is 1. The van der Waals surface area contributed by atoms with Gasteiger partial charge in [0.15, 0.2) is 0 Å². The van der Waals surface area contributed by atoms with Gasteiger partial charge in [-0.05, 0) is 47.9 Å². The van der Waals surface area contributed by atoms with Crippen molar-refractivity contribution in [3.05, 3.63) is 76.3 Å². The molecule has 27 heavy (non-hydrogen) atoms. The molecule has 0 aliphatic rings. The van der Waals surface area contributed by atoms with Gasteiger partial charge in [0.1, 0.15) is 5.84 Å². The first-order valence-corrected chi connectivity index (χ1v) is 9.28. The lowest BCUT2D eigenvalue weighted by molar-refractivity contribution is -0.117. The molecule has 0 unspecified atom stereocenters. The van der Waals surface area contributed by atoms with Gasteiger partial charge in [0.05, 0.1) is 10.7 Å². The average Bonchev–Trinajstić information content (AvgIpc) is 2.62. The summed E-state index contributed by atoms with van der Waals surface area (Å²) in [7, 11) is 1.88. The molecule has 0 spiro atoms. The summed E-state index contributed by atoms with van der Waals surface area (Å²) in [5, 5.41) is 6.42. The number of rotatable bonds is 6. The number of hydrogen-bond donors (Lipinski definition) is 2. The van der Waals surface area contributed by atoms with Gasteiger partial charge in [0, 0.05) is 19.0 Å². The second-order valence-electron chi connectivity index (χ2n) is 6.71. The molecule has 2 aromatic carbocycles. The van der Waals surface area contributed by atoms with Gasteiger partial charge >= 0.3 is 0 Å². The van der Waals surface area contributed by atoms with Crippen LogP contribution in [0, 0.1) is 0 Å². The third kappa shape index (κ3) is 5.78. The highest BCUT2D eigenvalue weighted by Gasteiger charge is 2.13. The molecule has 0 atom stereocenters. The van der Waals surface area contributed by atoms with Crippen LogP contribution in [0.15, 0.2) is 54.0 Å². The number of hydrogen-bond acceptors (Lipinski definition) is 3. The molecule has 0 fully saturated rings. The van der Waals surface area contributed by atoms with Crippen LogP contribution in [0.1, 0.15) is 48.9 Å². The number of carbonyl (C=O) groups excluding carboxylic acids is 1. The normalized spacial score (nSPS) is 11.6. The molecule has 0 saturated heterocycles. The van der Waals surface area contributed by atoms with Crippen LogP contribution in [0.5, 0.6) is 0 Å². The Morgan fingerprint density at radius 3 is 2.59 bits per heavy atom. The van der Waals surface area contributed by atoms with Gasteiger partial charge in [0.25, 0.3) is 0 Å². The minimum atomic E-state index is -0.215. The smallest absolute Gasteiger partial charge is 0.222 e. The maximum Gasteiger partial charge on any atom is 0.222 e. The van der Waals surface area contributed by atoms with Gasteiger partial charge in [-0.2, -0.15) is 0 Å². The Kier molecular flexibility index (Phi) is 7.34. The molecule has 0 heterocycles. The number of benzene rings is 2. The molecule has 0 aliphatic carbocycles. The molecule has 0 bridgehead atoms. The summed E-state index contributed by atoms with van der Waals surface area (Å²) in [6.07, 6.45) is 0. The summed E-state index contributed by atoms with van der Waals surface area (Å²) in [4.78, 5) is 16.3. The number of nitrogens with one attached hydrogen (secondary N) is 2. The Bertz CT molecular complexity index is 872. The molecule has 2 N–H and O–H groups in total. The fraction of sp³-hybridized carbons (Fsp3) is 0.273. The summed E-state index contributed by atoms with van der Waals surface area (Å²) in [6, 6.07) is 13.8. The van der Waals surface area contributed by atoms with Crippen LogP contribution in [0.3, 0.4) is 0 Å². The molecule has 1 amide bonds. The van der Waals surface area contributed by atoms with Gasteiger partial charge in [-0.1, -0.05) is 56.3 Å². The van der Waals surface area contributed by atoms with Crippen LogP contribution in [-0.2, 0) is 11.3 Å². The SMILES string of the molecule is C=C(/N=C(\NC(C)=O)c1cc(CNC)ccc1Cl)c1cccc(C(C)C)c1. The summed E-state index contributed by atoms with van der Waals surface area (Å²) in [5.74, 6) is 0.585. The first kappa shape index (κ1) is 20.9. The van der Waals surface area contributed by atoms with Crippen molar-refractivity contribution in [3.63, 3.8) is 0 Å². The van der Waals surface area contributed by atoms with Crippen molar-refractivity contribution >= 4 is 29.0 Å². The maximum atomic E-state index is 11.7. The molecule has 0 saturated carbocycles. The van der Waals surface area contributed by atoms with Crippen LogP contribution >= 0.6 is 11.6 Å². The van der Waals surface area contributed by atoms with E-state index < -0.39 is 0 Å². The molecule has 4 nitrogen and oxygen atoms in total. The van der Waals surface area contributed by atoms with Crippen LogP contribution in [0.25, 0.3) is 5.70 Å². The van der Waals surface area contributed by atoms with Gasteiger partial charge in [-0.25, -0.2) is 4.99 Å². The van der Waals surface area contributed by atoms with Crippen LogP contribution in [0.4, 0.5) is 0 Å². The van der Waals surface area contributed by atoms with E-state index in [0.717, 1.165) is 11.1 Å². The van der Waals surface area contributed by atoms with Gasteiger partial charge < -0.3 is 10.6 Å². The maximum absolute atomic E-state index is 11.7. The molecule has 142 valence electrons. The molecular weight excluding hydrogens is 358 g/mol. The fourth-order valence-electron chi connectivity index (χ4n) is 2.67. The fourth-order valence-corrected chi connectivity index (χ4v) is 2.87. The summed E-state index contributed by atoms with van der Waals surface area (Å²) in [6.45, 7) is 10.5. The lowest BCUT2D eigenvalue weighted by Gasteiger charge is -2.13. The van der Waals surface area contributed by atoms with E-state index in [2.05, 4.69) is 48.2 Å². The van der Waals surface area contributed by atoms with Crippen molar-refractivity contribution in [2.45, 2.75) is 33.2 Å². The van der Waals surface area contributed by atoms with Gasteiger partial charge in [-0.15, -0.1) is 0 Å². The number of halogens is 1. The van der Waals surface area contributed by atoms with E-state index in [9.17, 15) is 4.79 Å². The first-order chi connectivity index (χ1) is 12.8. The molecule has 0 radical (unpaired) electrons. The van der Waals surface area contributed by atoms with E-state index in [0.29, 0.717) is 34.6 Å². The molecule has 2 aromatic rings. The van der Waals surface area contributed by atoms with E-state index in [1.54, 1.807) is 0 Å². The summed E-state index contributed by atoms with van der Waals surface area (Å²) < 4.78 is 0. The predicted octanol–water partition coefficient (Wildman–Crippen LogP) is 4.74. The van der Waals surface area contributed by atoms with Crippen molar-refractivity contribution in [1.29, 1.82) is 0 Å². The Labute approximate surface area is 166 Å². The van der Waals surface area contributed by atoms with E-state index in [1.165, 1.54) is 12.5 Å². The highest BCUT2D eigenvalue weighted by molar-refractivity contribution is 6.34. The van der Waals surface area contributed by atoms with Crippen molar-refractivity contribution in [2.24, 2.45) is 4.99 Å². The molecule has 0 aromatic heterocycles. The number of carbonyl (C=O) groups is 1. The third-order valence-corrected chi connectivity index (χ3v) is 4.42. The van der Waals surface area contributed by atoms with Crippen LogP contribution in [-0.4, -0.2) is 18.8 Å². The lowest BCUT2D eigenvalue weighted by Crippen LogP contribution is -2.29. The Hall–Kier alpha value is -2.43. The zero-order valence-electron chi connectivity index (χ0n) is 16.3. The van der Waals surface area contributed by atoms with Crippen LogP contribution in [0.2, 0.25) is 5.02 Å². The second kappa shape index (κ2) is 9.49. The highest BCUT2D eigenvalue weighted by atomic mass is 35.5. The van der Waals surface area contributed by atoms with Crippen molar-refractivity contribution in [1.82, 2.24) is 10.6 Å². The molecule has 2 rings (SSSR count). The summed E-state index contributed by atoms with van der Waals surface area (Å²) >= 11 is 6.39. The zero-order chi connectivity index (χ0) is 20.0. The lowest BCUT2D eigenvalue weighted by atomic mass is 10.00. The Balaban J connectivity index is 2.47. The van der Waals surface area contributed by atoms with E-state index in [-0.39, 0.29) is 5.91 Å². The average molecular weight is 384 g/mol. The minimum absolute atomic E-state index is 0.215. The van der Waals surface area contributed by atoms with Crippen molar-refractivity contribution < 1.29 is 4.79 Å². The van der Waals surface area contributed by atoms with Gasteiger partial charge in [-0.3, -0.25) is 4.79 Å². The second-order valence-corrected chi connectivity index (χ2v) is 7.12. The van der Waals surface area contributed by atoms with E-state index >= 15 is 0 Å². The van der Waals surface area contributed by atoms with E-state index in [1.807, 2.05) is 37.4 Å². The summed E-state index contributed by atoms with van der Waals surface area (Å²) in [5.41, 5.74) is 4.39. The topological polar surface area (TPSA) is 53.5 Å². The van der Waals surface area contributed by atoms with Gasteiger partial charge in [0.2, 0.25) is 5.91 Å². The number of amides is 1. The zero-order valence-corrected chi connectivity index (χ0v) is 17.0. The van der Waals surface area contributed by atoms with E-state index in [4.69, 9.17) is 11.6 Å². The first-order valence-electron chi connectivity index (χ1n) is 8.90. The Morgan fingerprint density at radius 1 is 1.22 bits per heavy atom. The number of nitrogens with zero attached hydrogens (tertiary/aromatic N) is 1. The monoisotopic (exact) mass is 383 g/mol. The standard InChI is InChI=1S/C22H26ClN3O/c1-14(2)18-7-6-8-19(12-18)15(3)25-22(26-16(4)27)20-11-17(13-24-5)9-10-21(20)23/h6-12,14,24H,3,13H2,1-2,4-5H3,(H,25,26,27). The minimum Gasteiger partial charge on any atom is -0.316 e. The molecular formula is C22H26ClN3O. The highest BCUT2D eigenvalue weighted by Crippen LogP contribution is 2.23. The largest absolute Gasteiger partial charge is 0.316 e. The molecule has 5 heteroatoms. The third-order valence-electron chi connectivity index (χ3n) is 4.09.